The van der Waals surface area contributed by atoms with E-state index in [9.17, 15) is 4.79 Å². The maximum absolute atomic E-state index is 12.0. The molecule has 2 fully saturated rings. The summed E-state index contributed by atoms with van der Waals surface area (Å²) in [6.07, 6.45) is 4.54. The van der Waals surface area contributed by atoms with E-state index in [0.29, 0.717) is 11.8 Å². The smallest absolute Gasteiger partial charge is 0.225 e. The van der Waals surface area contributed by atoms with E-state index in [2.05, 4.69) is 9.80 Å². The first-order chi connectivity index (χ1) is 7.81. The first-order valence-electron chi connectivity index (χ1n) is 6.52. The molecule has 2 aliphatic rings. The molecule has 16 heavy (non-hydrogen) atoms. The summed E-state index contributed by atoms with van der Waals surface area (Å²) in [4.78, 5) is 16.5. The quantitative estimate of drug-likeness (QED) is 0.747. The molecule has 0 radical (unpaired) electrons. The van der Waals surface area contributed by atoms with Crippen molar-refractivity contribution in [2.24, 2.45) is 11.7 Å². The number of hydrogen-bond acceptors (Lipinski definition) is 3. The van der Waals surface area contributed by atoms with E-state index in [-0.39, 0.29) is 0 Å². The number of carbonyl (C=O) groups is 1. The lowest BCUT2D eigenvalue weighted by atomic mass is 9.84. The van der Waals surface area contributed by atoms with E-state index in [1.807, 2.05) is 0 Å². The van der Waals surface area contributed by atoms with Gasteiger partial charge in [-0.3, -0.25) is 9.69 Å². The van der Waals surface area contributed by atoms with Gasteiger partial charge >= 0.3 is 0 Å². The van der Waals surface area contributed by atoms with Gasteiger partial charge in [0.15, 0.2) is 0 Å². The van der Waals surface area contributed by atoms with E-state index in [1.54, 1.807) is 0 Å². The van der Waals surface area contributed by atoms with Crippen LogP contribution in [-0.4, -0.2) is 55.0 Å². The first-order valence-corrected chi connectivity index (χ1v) is 6.52. The van der Waals surface area contributed by atoms with Gasteiger partial charge in [-0.1, -0.05) is 6.42 Å². The Morgan fingerprint density at radius 1 is 1.19 bits per heavy atom. The zero-order valence-corrected chi connectivity index (χ0v) is 10.0. The third-order valence-electron chi connectivity index (χ3n) is 3.82. The largest absolute Gasteiger partial charge is 0.340 e. The van der Waals surface area contributed by atoms with Gasteiger partial charge in [-0.05, 0) is 32.4 Å². The highest BCUT2D eigenvalue weighted by Crippen LogP contribution is 2.28. The summed E-state index contributed by atoms with van der Waals surface area (Å²) in [7, 11) is 0. The second-order valence-corrected chi connectivity index (χ2v) is 4.94. The van der Waals surface area contributed by atoms with Crippen LogP contribution in [0.5, 0.6) is 0 Å². The van der Waals surface area contributed by atoms with Crippen molar-refractivity contribution in [2.45, 2.75) is 25.7 Å². The highest BCUT2D eigenvalue weighted by Gasteiger charge is 2.30. The minimum atomic E-state index is 0.357. The standard InChI is InChI=1S/C12H23N3O/c13-5-2-6-14-7-9-15(10-8-14)12(16)11-3-1-4-11/h11H,1-10,13H2. The molecule has 1 aliphatic heterocycles. The summed E-state index contributed by atoms with van der Waals surface area (Å²) in [6, 6.07) is 0. The maximum atomic E-state index is 12.0. The van der Waals surface area contributed by atoms with Crippen LogP contribution >= 0.6 is 0 Å². The van der Waals surface area contributed by atoms with Crippen LogP contribution in [-0.2, 0) is 4.79 Å². The molecule has 0 aromatic carbocycles. The van der Waals surface area contributed by atoms with Gasteiger partial charge in [0.2, 0.25) is 5.91 Å². The van der Waals surface area contributed by atoms with Crippen LogP contribution in [0.1, 0.15) is 25.7 Å². The van der Waals surface area contributed by atoms with Crippen LogP contribution in [0.3, 0.4) is 0 Å². The SMILES string of the molecule is NCCCN1CCN(C(=O)C2CCC2)CC1. The van der Waals surface area contributed by atoms with Crippen LogP contribution in [0.15, 0.2) is 0 Å². The Balaban J connectivity index is 1.69. The van der Waals surface area contributed by atoms with Crippen molar-refractivity contribution in [2.75, 3.05) is 39.3 Å². The number of piperazine rings is 1. The summed E-state index contributed by atoms with van der Waals surface area (Å²) in [5, 5.41) is 0. The zero-order valence-electron chi connectivity index (χ0n) is 10.0. The molecule has 4 nitrogen and oxygen atoms in total. The molecule has 1 heterocycles. The van der Waals surface area contributed by atoms with Crippen molar-refractivity contribution >= 4 is 5.91 Å². The number of hydrogen-bond donors (Lipinski definition) is 1. The average molecular weight is 225 g/mol. The Morgan fingerprint density at radius 3 is 2.38 bits per heavy atom. The summed E-state index contributed by atoms with van der Waals surface area (Å²) >= 11 is 0. The van der Waals surface area contributed by atoms with Crippen LogP contribution in [0, 0.1) is 5.92 Å². The predicted octanol–water partition coefficient (Wildman–Crippen LogP) is 0.279. The lowest BCUT2D eigenvalue weighted by Gasteiger charge is -2.38. The molecule has 1 saturated heterocycles. The number of carbonyl (C=O) groups excluding carboxylic acids is 1. The average Bonchev–Trinajstić information content (AvgIpc) is 2.24. The molecule has 2 N–H and O–H groups in total. The fraction of sp³-hybridized carbons (Fsp3) is 0.917. The van der Waals surface area contributed by atoms with Gasteiger partial charge in [0.1, 0.15) is 0 Å². The number of rotatable bonds is 4. The molecule has 1 amide bonds. The third-order valence-corrected chi connectivity index (χ3v) is 3.82. The number of nitrogens with two attached hydrogens (primary N) is 1. The lowest BCUT2D eigenvalue weighted by Crippen LogP contribution is -2.51. The monoisotopic (exact) mass is 225 g/mol. The van der Waals surface area contributed by atoms with Crippen LogP contribution in [0.2, 0.25) is 0 Å². The van der Waals surface area contributed by atoms with Gasteiger partial charge < -0.3 is 10.6 Å². The van der Waals surface area contributed by atoms with E-state index in [4.69, 9.17) is 5.73 Å². The number of amides is 1. The molecule has 0 unspecified atom stereocenters. The van der Waals surface area contributed by atoms with Gasteiger partial charge in [-0.2, -0.15) is 0 Å². The van der Waals surface area contributed by atoms with E-state index in [1.165, 1.54) is 6.42 Å². The highest BCUT2D eigenvalue weighted by molar-refractivity contribution is 5.79. The van der Waals surface area contributed by atoms with Gasteiger partial charge in [-0.25, -0.2) is 0 Å². The Morgan fingerprint density at radius 2 is 1.88 bits per heavy atom. The summed E-state index contributed by atoms with van der Waals surface area (Å²) in [5.74, 6) is 0.764. The van der Waals surface area contributed by atoms with Crippen molar-refractivity contribution < 1.29 is 4.79 Å². The first kappa shape index (κ1) is 11.9. The highest BCUT2D eigenvalue weighted by atomic mass is 16.2. The molecule has 0 spiro atoms. The van der Waals surface area contributed by atoms with Gasteiger partial charge in [0, 0.05) is 32.1 Å². The molecule has 0 aromatic heterocycles. The molecule has 2 rings (SSSR count). The molecular weight excluding hydrogens is 202 g/mol. The minimum Gasteiger partial charge on any atom is -0.340 e. The Labute approximate surface area is 97.8 Å². The predicted molar refractivity (Wildman–Crippen MR) is 64.0 cm³/mol. The van der Waals surface area contributed by atoms with Crippen LogP contribution in [0.4, 0.5) is 0 Å². The molecule has 1 aliphatic carbocycles. The summed E-state index contributed by atoms with van der Waals surface area (Å²) in [6.45, 7) is 5.74. The van der Waals surface area contributed by atoms with Crippen molar-refractivity contribution in [3.05, 3.63) is 0 Å². The van der Waals surface area contributed by atoms with Crippen molar-refractivity contribution in [3.8, 4) is 0 Å². The molecule has 0 bridgehead atoms. The fourth-order valence-electron chi connectivity index (χ4n) is 2.42. The molecule has 0 aromatic rings. The third kappa shape index (κ3) is 2.74. The summed E-state index contributed by atoms with van der Waals surface area (Å²) in [5.41, 5.74) is 5.50. The van der Waals surface area contributed by atoms with E-state index >= 15 is 0 Å². The lowest BCUT2D eigenvalue weighted by molar-refractivity contribution is -0.139. The minimum absolute atomic E-state index is 0.357. The van der Waals surface area contributed by atoms with Crippen molar-refractivity contribution in [3.63, 3.8) is 0 Å². The van der Waals surface area contributed by atoms with E-state index in [0.717, 1.165) is 58.5 Å². The molecular formula is C12H23N3O. The zero-order chi connectivity index (χ0) is 11.4. The Bertz CT molecular complexity index is 232. The molecule has 4 heteroatoms. The second kappa shape index (κ2) is 5.64. The fourth-order valence-corrected chi connectivity index (χ4v) is 2.42. The van der Waals surface area contributed by atoms with Crippen LogP contribution in [0.25, 0.3) is 0 Å². The molecule has 0 atom stereocenters. The van der Waals surface area contributed by atoms with Crippen LogP contribution < -0.4 is 5.73 Å². The van der Waals surface area contributed by atoms with Gasteiger partial charge in [0.05, 0.1) is 0 Å². The maximum Gasteiger partial charge on any atom is 0.225 e. The van der Waals surface area contributed by atoms with Crippen molar-refractivity contribution in [1.82, 2.24) is 9.80 Å². The Kier molecular flexibility index (Phi) is 4.18. The van der Waals surface area contributed by atoms with E-state index < -0.39 is 0 Å². The van der Waals surface area contributed by atoms with Crippen molar-refractivity contribution in [1.29, 1.82) is 0 Å². The normalized spacial score (nSPS) is 23.2. The van der Waals surface area contributed by atoms with Gasteiger partial charge in [-0.15, -0.1) is 0 Å². The molecule has 1 saturated carbocycles. The molecule has 92 valence electrons. The Hall–Kier alpha value is -0.610. The summed E-state index contributed by atoms with van der Waals surface area (Å²) < 4.78 is 0. The number of nitrogens with zero attached hydrogens (tertiary/aromatic N) is 2. The van der Waals surface area contributed by atoms with Gasteiger partial charge in [0.25, 0.3) is 0 Å². The second-order valence-electron chi connectivity index (χ2n) is 4.94. The topological polar surface area (TPSA) is 49.6 Å².